The Hall–Kier alpha value is -2.29. The first kappa shape index (κ1) is 21.4. The van der Waals surface area contributed by atoms with Crippen LogP contribution in [0.3, 0.4) is 0 Å². The van der Waals surface area contributed by atoms with Crippen molar-refractivity contribution in [2.75, 3.05) is 0 Å². The highest BCUT2D eigenvalue weighted by Crippen LogP contribution is 2.46. The highest BCUT2D eigenvalue weighted by atomic mass is 35.5. The van der Waals surface area contributed by atoms with E-state index in [9.17, 15) is 0 Å². The zero-order valence-electron chi connectivity index (χ0n) is 15.7. The smallest absolute Gasteiger partial charge is 0.143 e. The normalized spacial score (nSPS) is 11.0. The second kappa shape index (κ2) is 9.47. The minimum Gasteiger partial charge on any atom is -1.00 e. The van der Waals surface area contributed by atoms with E-state index >= 15 is 0 Å². The Labute approximate surface area is 188 Å². The van der Waals surface area contributed by atoms with E-state index in [1.54, 1.807) is 0 Å². The van der Waals surface area contributed by atoms with Crippen molar-refractivity contribution < 1.29 is 12.4 Å². The van der Waals surface area contributed by atoms with Gasteiger partial charge in [-0.1, -0.05) is 83.9 Å². The van der Waals surface area contributed by atoms with Gasteiger partial charge in [0, 0.05) is 10.6 Å². The number of benzene rings is 4. The van der Waals surface area contributed by atoms with Crippen LogP contribution in [0.4, 0.5) is 17.1 Å². The number of para-hydroxylation sites is 3. The largest absolute Gasteiger partial charge is 1.00 e. The van der Waals surface area contributed by atoms with Crippen LogP contribution in [-0.2, 0) is 6.54 Å². The molecular formula is C25H20Cl3N. The molecule has 0 heterocycles. The van der Waals surface area contributed by atoms with Gasteiger partial charge in [0.1, 0.15) is 23.6 Å². The molecule has 0 spiro atoms. The van der Waals surface area contributed by atoms with Crippen molar-refractivity contribution in [3.05, 3.63) is 125 Å². The lowest BCUT2D eigenvalue weighted by Gasteiger charge is -2.37. The third-order valence-corrected chi connectivity index (χ3v) is 5.60. The van der Waals surface area contributed by atoms with Gasteiger partial charge < -0.3 is 12.4 Å². The molecule has 0 aliphatic heterocycles. The molecule has 0 amide bonds. The minimum atomic E-state index is 0. The number of hydrogen-bond donors (Lipinski definition) is 0. The molecule has 0 fully saturated rings. The summed E-state index contributed by atoms with van der Waals surface area (Å²) in [6.45, 7) is 0.675. The third-order valence-electron chi connectivity index (χ3n) is 5.01. The van der Waals surface area contributed by atoms with Crippen LogP contribution in [0.15, 0.2) is 109 Å². The van der Waals surface area contributed by atoms with Crippen LogP contribution < -0.4 is 16.9 Å². The lowest BCUT2D eigenvalue weighted by atomic mass is 10.1. The number of halogens is 3. The summed E-state index contributed by atoms with van der Waals surface area (Å²) in [5.74, 6) is 0. The van der Waals surface area contributed by atoms with Crippen LogP contribution in [0, 0.1) is 0 Å². The molecule has 0 unspecified atom stereocenters. The van der Waals surface area contributed by atoms with Crippen molar-refractivity contribution in [1.82, 2.24) is 4.48 Å². The number of hydrogen-bond acceptors (Lipinski definition) is 0. The van der Waals surface area contributed by atoms with Gasteiger partial charge in [0.15, 0.2) is 0 Å². The number of quaternary nitrogens is 1. The van der Waals surface area contributed by atoms with E-state index in [1.165, 1.54) is 17.1 Å². The van der Waals surface area contributed by atoms with E-state index in [4.69, 9.17) is 23.2 Å². The molecule has 29 heavy (non-hydrogen) atoms. The molecule has 4 aromatic carbocycles. The van der Waals surface area contributed by atoms with Gasteiger partial charge in [-0.2, -0.15) is 0 Å². The Morgan fingerprint density at radius 3 is 1.34 bits per heavy atom. The first-order valence-corrected chi connectivity index (χ1v) is 9.94. The van der Waals surface area contributed by atoms with Gasteiger partial charge in [0.25, 0.3) is 0 Å². The Morgan fingerprint density at radius 1 is 0.552 bits per heavy atom. The highest BCUT2D eigenvalue weighted by Gasteiger charge is 2.37. The van der Waals surface area contributed by atoms with Gasteiger partial charge in [-0.3, -0.25) is 0 Å². The molecule has 0 radical (unpaired) electrons. The summed E-state index contributed by atoms with van der Waals surface area (Å²) in [7, 11) is 0. The van der Waals surface area contributed by atoms with Crippen LogP contribution in [0.5, 0.6) is 0 Å². The second-order valence-corrected chi connectivity index (χ2v) is 7.55. The minimum absolute atomic E-state index is 0. The first-order chi connectivity index (χ1) is 13.7. The summed E-state index contributed by atoms with van der Waals surface area (Å²) >= 11 is 12.8. The molecule has 4 rings (SSSR count). The molecule has 0 atom stereocenters. The topological polar surface area (TPSA) is 0 Å². The Balaban J connectivity index is 0.00000240. The van der Waals surface area contributed by atoms with E-state index in [0.29, 0.717) is 21.1 Å². The maximum Gasteiger partial charge on any atom is 0.143 e. The van der Waals surface area contributed by atoms with Crippen molar-refractivity contribution in [1.29, 1.82) is 0 Å². The van der Waals surface area contributed by atoms with Gasteiger partial charge in [0.2, 0.25) is 0 Å². The monoisotopic (exact) mass is 439 g/mol. The SMILES string of the molecule is Clc1ccc(C[N+](c2ccccc2)(c2ccccc2)c2ccccc2)c(Cl)c1.[Cl-]. The Kier molecular flexibility index (Phi) is 7.00. The Bertz CT molecular complexity index is 955. The second-order valence-electron chi connectivity index (χ2n) is 6.71. The van der Waals surface area contributed by atoms with Crippen LogP contribution in [0.2, 0.25) is 10.0 Å². The van der Waals surface area contributed by atoms with Crippen molar-refractivity contribution >= 4 is 40.3 Å². The molecule has 0 aromatic heterocycles. The molecule has 0 saturated carbocycles. The van der Waals surface area contributed by atoms with Crippen LogP contribution in [-0.4, -0.2) is 0 Å². The molecular weight excluding hydrogens is 421 g/mol. The molecule has 4 heteroatoms. The summed E-state index contributed by atoms with van der Waals surface area (Å²) in [5, 5.41) is 1.32. The van der Waals surface area contributed by atoms with Crippen molar-refractivity contribution in [3.63, 3.8) is 0 Å². The van der Waals surface area contributed by atoms with E-state index in [1.807, 2.05) is 36.4 Å². The standard InChI is InChI=1S/C25H20Cl2N.ClH/c26-21-17-16-20(25(27)18-21)19-28(22-10-4-1-5-11-22,23-12-6-2-7-13-23)24-14-8-3-9-15-24;/h1-18H,19H2;1H/q+1;/p-1. The summed E-state index contributed by atoms with van der Waals surface area (Å²) in [6.07, 6.45) is 0. The Morgan fingerprint density at radius 2 is 0.966 bits per heavy atom. The van der Waals surface area contributed by atoms with Crippen LogP contribution in [0.25, 0.3) is 0 Å². The lowest BCUT2D eigenvalue weighted by molar-refractivity contribution is -0.00000526. The van der Waals surface area contributed by atoms with Crippen LogP contribution >= 0.6 is 23.2 Å². The zero-order valence-corrected chi connectivity index (χ0v) is 17.9. The van der Waals surface area contributed by atoms with Gasteiger partial charge in [-0.15, -0.1) is 0 Å². The fourth-order valence-electron chi connectivity index (χ4n) is 3.67. The molecule has 0 aliphatic rings. The number of rotatable bonds is 5. The fraction of sp³-hybridized carbons (Fsp3) is 0.0400. The first-order valence-electron chi connectivity index (χ1n) is 9.19. The van der Waals surface area contributed by atoms with E-state index < -0.39 is 0 Å². The predicted molar refractivity (Wildman–Crippen MR) is 121 cm³/mol. The van der Waals surface area contributed by atoms with Gasteiger partial charge >= 0.3 is 0 Å². The summed E-state index contributed by atoms with van der Waals surface area (Å²) in [4.78, 5) is 0. The third kappa shape index (κ3) is 4.34. The fourth-order valence-corrected chi connectivity index (χ4v) is 4.14. The van der Waals surface area contributed by atoms with Crippen molar-refractivity contribution in [3.8, 4) is 0 Å². The predicted octanol–water partition coefficient (Wildman–Crippen LogP) is 5.17. The number of nitrogens with zero attached hydrogens (tertiary/aromatic N) is 1. The summed E-state index contributed by atoms with van der Waals surface area (Å²) in [6, 6.07) is 37.4. The van der Waals surface area contributed by atoms with Gasteiger partial charge in [0.05, 0.1) is 5.02 Å². The lowest BCUT2D eigenvalue weighted by Crippen LogP contribution is -3.00. The quantitative estimate of drug-likeness (QED) is 0.376. The molecule has 0 saturated heterocycles. The molecule has 0 bridgehead atoms. The van der Waals surface area contributed by atoms with Crippen molar-refractivity contribution in [2.24, 2.45) is 0 Å². The van der Waals surface area contributed by atoms with Crippen molar-refractivity contribution in [2.45, 2.75) is 6.54 Å². The zero-order chi connectivity index (χ0) is 19.4. The average molecular weight is 441 g/mol. The van der Waals surface area contributed by atoms with E-state index in [2.05, 4.69) is 72.8 Å². The maximum absolute atomic E-state index is 6.60. The molecule has 1 nitrogen and oxygen atoms in total. The summed E-state index contributed by atoms with van der Waals surface area (Å²) in [5.41, 5.74) is 4.56. The average Bonchev–Trinajstić information content (AvgIpc) is 2.75. The molecule has 4 aromatic rings. The summed E-state index contributed by atoms with van der Waals surface area (Å²) < 4.78 is 0.532. The molecule has 0 aliphatic carbocycles. The molecule has 0 N–H and O–H groups in total. The van der Waals surface area contributed by atoms with Gasteiger partial charge in [-0.05, 0) is 48.5 Å². The maximum atomic E-state index is 6.60. The van der Waals surface area contributed by atoms with Crippen LogP contribution in [0.1, 0.15) is 5.56 Å². The highest BCUT2D eigenvalue weighted by molar-refractivity contribution is 6.35. The van der Waals surface area contributed by atoms with Gasteiger partial charge in [-0.25, -0.2) is 4.48 Å². The molecule has 146 valence electrons. The van der Waals surface area contributed by atoms with E-state index in [-0.39, 0.29) is 12.4 Å². The van der Waals surface area contributed by atoms with E-state index in [0.717, 1.165) is 5.56 Å².